The van der Waals surface area contributed by atoms with Gasteiger partial charge in [0.25, 0.3) is 5.91 Å². The third-order valence-electron chi connectivity index (χ3n) is 2.70. The van der Waals surface area contributed by atoms with Gasteiger partial charge in [-0.25, -0.2) is 0 Å². The Morgan fingerprint density at radius 2 is 2.25 bits per heavy atom. The average molecular weight is 277 g/mol. The summed E-state index contributed by atoms with van der Waals surface area (Å²) in [4.78, 5) is 14.1. The van der Waals surface area contributed by atoms with Crippen LogP contribution in [0.15, 0.2) is 30.9 Å². The molecule has 110 valence electrons. The summed E-state index contributed by atoms with van der Waals surface area (Å²) in [5.41, 5.74) is 6.84. The molecule has 20 heavy (non-hydrogen) atoms. The van der Waals surface area contributed by atoms with Gasteiger partial charge < -0.3 is 20.7 Å². The fourth-order valence-corrected chi connectivity index (χ4v) is 1.65. The van der Waals surface area contributed by atoms with E-state index in [0.717, 1.165) is 13.0 Å². The molecule has 0 saturated carbocycles. The van der Waals surface area contributed by atoms with Crippen molar-refractivity contribution in [1.82, 2.24) is 10.2 Å². The number of anilines is 1. The third kappa shape index (κ3) is 5.32. The van der Waals surface area contributed by atoms with Crippen LogP contribution in [0.1, 0.15) is 16.8 Å². The minimum atomic E-state index is -0.118. The number of nitrogen functional groups attached to an aromatic ring is 1. The smallest absolute Gasteiger partial charge is 0.251 e. The molecule has 1 amide bonds. The first-order valence-corrected chi connectivity index (χ1v) is 6.60. The van der Waals surface area contributed by atoms with Crippen LogP contribution in [0.3, 0.4) is 0 Å². The summed E-state index contributed by atoms with van der Waals surface area (Å²) >= 11 is 0. The monoisotopic (exact) mass is 277 g/mol. The van der Waals surface area contributed by atoms with Gasteiger partial charge in [-0.15, -0.1) is 0 Å². The third-order valence-corrected chi connectivity index (χ3v) is 2.70. The maximum Gasteiger partial charge on any atom is 0.251 e. The van der Waals surface area contributed by atoms with Crippen molar-refractivity contribution in [3.63, 3.8) is 0 Å². The summed E-state index contributed by atoms with van der Waals surface area (Å²) in [5, 5.41) is 2.87. The van der Waals surface area contributed by atoms with Crippen LogP contribution in [-0.4, -0.2) is 44.6 Å². The zero-order chi connectivity index (χ0) is 15.0. The maximum atomic E-state index is 12.0. The van der Waals surface area contributed by atoms with Gasteiger partial charge in [0, 0.05) is 12.1 Å². The Labute approximate surface area is 120 Å². The molecule has 0 unspecified atom stereocenters. The fourth-order valence-electron chi connectivity index (χ4n) is 1.65. The topological polar surface area (TPSA) is 67.6 Å². The molecule has 0 fully saturated rings. The number of nitrogens with two attached hydrogens (primary N) is 1. The molecule has 5 heteroatoms. The molecule has 0 heterocycles. The molecule has 0 saturated heterocycles. The van der Waals surface area contributed by atoms with Gasteiger partial charge in [-0.3, -0.25) is 4.79 Å². The fraction of sp³-hybridized carbons (Fsp3) is 0.400. The summed E-state index contributed by atoms with van der Waals surface area (Å²) in [6.45, 7) is 5.52. The molecule has 0 aliphatic rings. The molecule has 1 rings (SSSR count). The van der Waals surface area contributed by atoms with Crippen molar-refractivity contribution in [1.29, 1.82) is 0 Å². The predicted molar refractivity (Wildman–Crippen MR) is 82.1 cm³/mol. The zero-order valence-electron chi connectivity index (χ0n) is 12.2. The van der Waals surface area contributed by atoms with E-state index in [1.165, 1.54) is 0 Å². The lowest BCUT2D eigenvalue weighted by Gasteiger charge is -2.11. The molecule has 0 aromatic heterocycles. The molecule has 3 N–H and O–H groups in total. The maximum absolute atomic E-state index is 12.0. The van der Waals surface area contributed by atoms with E-state index < -0.39 is 0 Å². The van der Waals surface area contributed by atoms with E-state index >= 15 is 0 Å². The molecule has 0 spiro atoms. The standard InChI is InChI=1S/C15H23N3O2/c1-4-10-20-14-11-12(6-7-13(14)16)15(19)17-8-5-9-18(2)3/h4,6-7,11H,1,5,8-10,16H2,2-3H3,(H,17,19). The van der Waals surface area contributed by atoms with Crippen molar-refractivity contribution in [2.75, 3.05) is 39.5 Å². The number of ether oxygens (including phenoxy) is 1. The highest BCUT2D eigenvalue weighted by atomic mass is 16.5. The van der Waals surface area contributed by atoms with Crippen LogP contribution >= 0.6 is 0 Å². The molecule has 0 radical (unpaired) electrons. The van der Waals surface area contributed by atoms with Gasteiger partial charge in [-0.05, 0) is 45.3 Å². The molecule has 0 bridgehead atoms. The molecule has 1 aromatic rings. The van der Waals surface area contributed by atoms with Crippen molar-refractivity contribution in [3.05, 3.63) is 36.4 Å². The van der Waals surface area contributed by atoms with E-state index in [-0.39, 0.29) is 5.91 Å². The summed E-state index contributed by atoms with van der Waals surface area (Å²) in [5.74, 6) is 0.387. The first-order valence-electron chi connectivity index (χ1n) is 6.60. The summed E-state index contributed by atoms with van der Waals surface area (Å²) in [6, 6.07) is 5.02. The highest BCUT2D eigenvalue weighted by Crippen LogP contribution is 2.22. The van der Waals surface area contributed by atoms with Crippen LogP contribution < -0.4 is 15.8 Å². The van der Waals surface area contributed by atoms with Crippen LogP contribution in [0, 0.1) is 0 Å². The lowest BCUT2D eigenvalue weighted by atomic mass is 10.1. The summed E-state index contributed by atoms with van der Waals surface area (Å²) in [7, 11) is 4.01. The number of hydrogen-bond donors (Lipinski definition) is 2. The molecule has 5 nitrogen and oxygen atoms in total. The van der Waals surface area contributed by atoms with Crippen LogP contribution in [0.4, 0.5) is 5.69 Å². The van der Waals surface area contributed by atoms with Gasteiger partial charge in [-0.1, -0.05) is 12.7 Å². The number of nitrogens with zero attached hydrogens (tertiary/aromatic N) is 1. The van der Waals surface area contributed by atoms with Gasteiger partial charge in [0.1, 0.15) is 12.4 Å². The SMILES string of the molecule is C=CCOc1cc(C(=O)NCCCN(C)C)ccc1N. The lowest BCUT2D eigenvalue weighted by Crippen LogP contribution is -2.27. The Morgan fingerprint density at radius 3 is 2.90 bits per heavy atom. The predicted octanol–water partition coefficient (Wildman–Crippen LogP) is 1.52. The average Bonchev–Trinajstić information content (AvgIpc) is 2.42. The summed E-state index contributed by atoms with van der Waals surface area (Å²) < 4.78 is 5.40. The Balaban J connectivity index is 2.57. The van der Waals surface area contributed by atoms with E-state index in [0.29, 0.717) is 30.2 Å². The second-order valence-corrected chi connectivity index (χ2v) is 4.77. The van der Waals surface area contributed by atoms with Crippen molar-refractivity contribution < 1.29 is 9.53 Å². The molecular formula is C15H23N3O2. The Hall–Kier alpha value is -2.01. The number of rotatable bonds is 8. The number of amides is 1. The van der Waals surface area contributed by atoms with Gasteiger partial charge in [0.2, 0.25) is 0 Å². The molecule has 1 aromatic carbocycles. The number of benzene rings is 1. The largest absolute Gasteiger partial charge is 0.487 e. The second kappa shape index (κ2) is 8.22. The second-order valence-electron chi connectivity index (χ2n) is 4.77. The van der Waals surface area contributed by atoms with Crippen molar-refractivity contribution in [3.8, 4) is 5.75 Å². The molecule has 0 atom stereocenters. The molecule has 0 aliphatic carbocycles. The van der Waals surface area contributed by atoms with E-state index in [1.54, 1.807) is 24.3 Å². The number of hydrogen-bond acceptors (Lipinski definition) is 4. The van der Waals surface area contributed by atoms with Gasteiger partial charge in [0.05, 0.1) is 5.69 Å². The van der Waals surface area contributed by atoms with Crippen molar-refractivity contribution >= 4 is 11.6 Å². The van der Waals surface area contributed by atoms with Crippen LogP contribution in [0.5, 0.6) is 5.75 Å². The number of nitrogens with one attached hydrogen (secondary N) is 1. The van der Waals surface area contributed by atoms with Crippen molar-refractivity contribution in [2.24, 2.45) is 0 Å². The minimum absolute atomic E-state index is 0.118. The first-order chi connectivity index (χ1) is 9.54. The number of carbonyl (C=O) groups excluding carboxylic acids is 1. The highest BCUT2D eigenvalue weighted by Gasteiger charge is 2.08. The molecular weight excluding hydrogens is 254 g/mol. The normalized spacial score (nSPS) is 10.3. The first kappa shape index (κ1) is 16.0. The Morgan fingerprint density at radius 1 is 1.50 bits per heavy atom. The van der Waals surface area contributed by atoms with E-state index in [4.69, 9.17) is 10.5 Å². The van der Waals surface area contributed by atoms with Crippen LogP contribution in [0.25, 0.3) is 0 Å². The van der Waals surface area contributed by atoms with E-state index in [9.17, 15) is 4.79 Å². The Bertz CT molecular complexity index is 458. The van der Waals surface area contributed by atoms with E-state index in [1.807, 2.05) is 14.1 Å². The van der Waals surface area contributed by atoms with Gasteiger partial charge in [-0.2, -0.15) is 0 Å². The lowest BCUT2D eigenvalue weighted by molar-refractivity contribution is 0.0952. The van der Waals surface area contributed by atoms with E-state index in [2.05, 4.69) is 16.8 Å². The van der Waals surface area contributed by atoms with Gasteiger partial charge >= 0.3 is 0 Å². The number of carbonyl (C=O) groups is 1. The zero-order valence-corrected chi connectivity index (χ0v) is 12.2. The quantitative estimate of drug-likeness (QED) is 0.429. The summed E-state index contributed by atoms with van der Waals surface area (Å²) in [6.07, 6.45) is 2.54. The minimum Gasteiger partial charge on any atom is -0.487 e. The Kier molecular flexibility index (Phi) is 6.59. The highest BCUT2D eigenvalue weighted by molar-refractivity contribution is 5.95. The molecule has 0 aliphatic heterocycles. The van der Waals surface area contributed by atoms with Gasteiger partial charge in [0.15, 0.2) is 0 Å². The van der Waals surface area contributed by atoms with Crippen LogP contribution in [-0.2, 0) is 0 Å². The van der Waals surface area contributed by atoms with Crippen LogP contribution in [0.2, 0.25) is 0 Å². The van der Waals surface area contributed by atoms with Crippen molar-refractivity contribution in [2.45, 2.75) is 6.42 Å².